The van der Waals surface area contributed by atoms with E-state index < -0.39 is 29.7 Å². The van der Waals surface area contributed by atoms with Gasteiger partial charge in [-0.1, -0.05) is 18.2 Å². The fourth-order valence-corrected chi connectivity index (χ4v) is 2.39. The zero-order valence-electron chi connectivity index (χ0n) is 10.6. The molecule has 1 aromatic carbocycles. The Balaban J connectivity index is 1.97. The minimum Gasteiger partial charge on any atom is -0.464 e. The van der Waals surface area contributed by atoms with Gasteiger partial charge in [-0.05, 0) is 12.1 Å². The summed E-state index contributed by atoms with van der Waals surface area (Å²) in [5, 5.41) is 3.74. The SMILES string of the molecule is COC(=O)C1=NNC2C(=O)N(c3ccccc3)C(=O)C12. The third-order valence-electron chi connectivity index (χ3n) is 3.33. The number of imide groups is 1. The van der Waals surface area contributed by atoms with E-state index in [0.717, 1.165) is 4.90 Å². The van der Waals surface area contributed by atoms with Crippen molar-refractivity contribution in [2.75, 3.05) is 12.0 Å². The Morgan fingerprint density at radius 1 is 1.25 bits per heavy atom. The summed E-state index contributed by atoms with van der Waals surface area (Å²) in [5.74, 6) is -2.52. The average molecular weight is 273 g/mol. The van der Waals surface area contributed by atoms with Gasteiger partial charge in [0.25, 0.3) is 5.91 Å². The summed E-state index contributed by atoms with van der Waals surface area (Å²) in [4.78, 5) is 37.3. The van der Waals surface area contributed by atoms with Crippen LogP contribution in [0.4, 0.5) is 5.69 Å². The molecular formula is C13H11N3O4. The molecule has 2 atom stereocenters. The van der Waals surface area contributed by atoms with Crippen LogP contribution >= 0.6 is 0 Å². The molecule has 102 valence electrons. The molecule has 2 heterocycles. The Bertz CT molecular complexity index is 626. The van der Waals surface area contributed by atoms with E-state index in [0.29, 0.717) is 5.69 Å². The number of hydrazone groups is 1. The Labute approximate surface area is 114 Å². The summed E-state index contributed by atoms with van der Waals surface area (Å²) in [5.41, 5.74) is 2.95. The molecule has 1 aromatic rings. The number of rotatable bonds is 2. The Morgan fingerprint density at radius 2 is 1.95 bits per heavy atom. The van der Waals surface area contributed by atoms with E-state index in [1.807, 2.05) is 0 Å². The van der Waals surface area contributed by atoms with Crippen molar-refractivity contribution in [3.05, 3.63) is 30.3 Å². The van der Waals surface area contributed by atoms with Crippen molar-refractivity contribution in [2.24, 2.45) is 11.0 Å². The molecule has 7 heteroatoms. The van der Waals surface area contributed by atoms with E-state index in [4.69, 9.17) is 0 Å². The highest BCUT2D eigenvalue weighted by atomic mass is 16.5. The average Bonchev–Trinajstić information content (AvgIpc) is 3.01. The first-order chi connectivity index (χ1) is 9.65. The lowest BCUT2D eigenvalue weighted by Crippen LogP contribution is -2.36. The lowest BCUT2D eigenvalue weighted by Gasteiger charge is -2.15. The molecular weight excluding hydrogens is 262 g/mol. The lowest BCUT2D eigenvalue weighted by molar-refractivity contribution is -0.133. The predicted molar refractivity (Wildman–Crippen MR) is 68.8 cm³/mol. The number of hydrogen-bond acceptors (Lipinski definition) is 6. The molecule has 1 N–H and O–H groups in total. The van der Waals surface area contributed by atoms with E-state index >= 15 is 0 Å². The summed E-state index contributed by atoms with van der Waals surface area (Å²) >= 11 is 0. The van der Waals surface area contributed by atoms with E-state index in [-0.39, 0.29) is 5.71 Å². The van der Waals surface area contributed by atoms with E-state index in [1.54, 1.807) is 30.3 Å². The minimum atomic E-state index is -0.921. The van der Waals surface area contributed by atoms with E-state index in [9.17, 15) is 14.4 Å². The van der Waals surface area contributed by atoms with Gasteiger partial charge in [0.15, 0.2) is 5.71 Å². The van der Waals surface area contributed by atoms with Crippen molar-refractivity contribution >= 4 is 29.2 Å². The monoisotopic (exact) mass is 273 g/mol. The second-order valence-electron chi connectivity index (χ2n) is 4.42. The molecule has 7 nitrogen and oxygen atoms in total. The first kappa shape index (κ1) is 12.3. The number of nitrogens with one attached hydrogen (secondary N) is 1. The maximum absolute atomic E-state index is 12.4. The molecule has 0 aromatic heterocycles. The third-order valence-corrected chi connectivity index (χ3v) is 3.33. The van der Waals surface area contributed by atoms with Crippen LogP contribution in [0.25, 0.3) is 0 Å². The molecule has 0 aliphatic carbocycles. The van der Waals surface area contributed by atoms with Crippen molar-refractivity contribution in [3.8, 4) is 0 Å². The van der Waals surface area contributed by atoms with E-state index in [2.05, 4.69) is 15.3 Å². The number of nitrogens with zero attached hydrogens (tertiary/aromatic N) is 2. The first-order valence-electron chi connectivity index (χ1n) is 5.99. The minimum absolute atomic E-state index is 0.0609. The van der Waals surface area contributed by atoms with Gasteiger partial charge in [-0.2, -0.15) is 5.10 Å². The number of benzene rings is 1. The molecule has 0 radical (unpaired) electrons. The highest BCUT2D eigenvalue weighted by Crippen LogP contribution is 2.30. The quantitative estimate of drug-likeness (QED) is 0.589. The van der Waals surface area contributed by atoms with Crippen LogP contribution in [0.5, 0.6) is 0 Å². The lowest BCUT2D eigenvalue weighted by atomic mass is 9.99. The fraction of sp³-hybridized carbons (Fsp3) is 0.231. The highest BCUT2D eigenvalue weighted by molar-refractivity contribution is 6.46. The van der Waals surface area contributed by atoms with Gasteiger partial charge in [0.2, 0.25) is 5.91 Å². The maximum Gasteiger partial charge on any atom is 0.355 e. The second kappa shape index (κ2) is 4.44. The van der Waals surface area contributed by atoms with Gasteiger partial charge in [-0.15, -0.1) is 0 Å². The molecule has 1 saturated heterocycles. The molecule has 0 spiro atoms. The second-order valence-corrected chi connectivity index (χ2v) is 4.42. The van der Waals surface area contributed by atoms with Gasteiger partial charge < -0.3 is 4.74 Å². The highest BCUT2D eigenvalue weighted by Gasteiger charge is 2.55. The molecule has 20 heavy (non-hydrogen) atoms. The molecule has 2 aliphatic heterocycles. The standard InChI is InChI=1S/C13H11N3O4/c1-20-13(19)10-8-9(14-15-10)12(18)16(11(8)17)7-5-3-2-4-6-7/h2-6,8-9,14H,1H3. The summed E-state index contributed by atoms with van der Waals surface area (Å²) in [6, 6.07) is 7.73. The van der Waals surface area contributed by atoms with Gasteiger partial charge in [-0.25, -0.2) is 9.69 Å². The van der Waals surface area contributed by atoms with Crippen LogP contribution < -0.4 is 10.3 Å². The van der Waals surface area contributed by atoms with Crippen molar-refractivity contribution in [1.82, 2.24) is 5.43 Å². The van der Waals surface area contributed by atoms with Gasteiger partial charge in [-0.3, -0.25) is 15.0 Å². The third kappa shape index (κ3) is 1.59. The molecule has 0 saturated carbocycles. The molecule has 2 aliphatic rings. The molecule has 0 bridgehead atoms. The topological polar surface area (TPSA) is 88.1 Å². The van der Waals surface area contributed by atoms with Crippen LogP contribution in [-0.2, 0) is 19.1 Å². The Hall–Kier alpha value is -2.70. The number of para-hydroxylation sites is 1. The van der Waals surface area contributed by atoms with Crippen molar-refractivity contribution < 1.29 is 19.1 Å². The first-order valence-corrected chi connectivity index (χ1v) is 5.99. The van der Waals surface area contributed by atoms with Gasteiger partial charge in [0.1, 0.15) is 12.0 Å². The van der Waals surface area contributed by atoms with Crippen LogP contribution in [0, 0.1) is 5.92 Å². The molecule has 3 rings (SSSR count). The molecule has 2 unspecified atom stereocenters. The van der Waals surface area contributed by atoms with Crippen LogP contribution in [0.1, 0.15) is 0 Å². The van der Waals surface area contributed by atoms with Crippen molar-refractivity contribution in [2.45, 2.75) is 6.04 Å². The fourth-order valence-electron chi connectivity index (χ4n) is 2.39. The van der Waals surface area contributed by atoms with Crippen LogP contribution in [-0.4, -0.2) is 36.6 Å². The van der Waals surface area contributed by atoms with Crippen LogP contribution in [0.3, 0.4) is 0 Å². The zero-order chi connectivity index (χ0) is 14.3. The number of hydrogen-bond donors (Lipinski definition) is 1. The van der Waals surface area contributed by atoms with Crippen LogP contribution in [0.2, 0.25) is 0 Å². The number of amides is 2. The summed E-state index contributed by atoms with van der Waals surface area (Å²) in [6.45, 7) is 0. The van der Waals surface area contributed by atoms with Crippen molar-refractivity contribution in [1.29, 1.82) is 0 Å². The smallest absolute Gasteiger partial charge is 0.355 e. The van der Waals surface area contributed by atoms with Crippen molar-refractivity contribution in [3.63, 3.8) is 0 Å². The number of anilines is 1. The predicted octanol–water partition coefficient (Wildman–Crippen LogP) is -0.323. The maximum atomic E-state index is 12.4. The van der Waals surface area contributed by atoms with Gasteiger partial charge in [0, 0.05) is 0 Å². The van der Waals surface area contributed by atoms with E-state index in [1.165, 1.54) is 7.11 Å². The normalized spacial score (nSPS) is 24.2. The Morgan fingerprint density at radius 3 is 2.60 bits per heavy atom. The summed E-state index contributed by atoms with van der Waals surface area (Å²) < 4.78 is 4.58. The number of carbonyl (C=O) groups is 3. The number of esters is 1. The van der Waals surface area contributed by atoms with Gasteiger partial charge in [0.05, 0.1) is 12.8 Å². The number of ether oxygens (including phenoxy) is 1. The summed E-state index contributed by atoms with van der Waals surface area (Å²) in [6.07, 6.45) is 0. The zero-order valence-corrected chi connectivity index (χ0v) is 10.6. The summed E-state index contributed by atoms with van der Waals surface area (Å²) in [7, 11) is 1.20. The Kier molecular flexibility index (Phi) is 2.74. The molecule has 1 fully saturated rings. The van der Waals surface area contributed by atoms with Gasteiger partial charge >= 0.3 is 5.97 Å². The number of fused-ring (bicyclic) bond motifs is 1. The largest absolute Gasteiger partial charge is 0.464 e. The number of methoxy groups -OCH3 is 1. The van der Waals surface area contributed by atoms with Crippen LogP contribution in [0.15, 0.2) is 35.4 Å². The number of carbonyl (C=O) groups excluding carboxylic acids is 3. The molecule has 2 amide bonds.